The van der Waals surface area contributed by atoms with E-state index in [-0.39, 0.29) is 18.9 Å². The summed E-state index contributed by atoms with van der Waals surface area (Å²) in [5, 5.41) is 22.3. The first-order valence-electron chi connectivity index (χ1n) is 6.24. The fourth-order valence-corrected chi connectivity index (χ4v) is 1.71. The molecule has 0 fully saturated rings. The van der Waals surface area contributed by atoms with Gasteiger partial charge in [-0.25, -0.2) is 9.59 Å². The van der Waals surface area contributed by atoms with Crippen molar-refractivity contribution in [3.63, 3.8) is 0 Å². The molecule has 0 bridgehead atoms. The number of rotatable bonds is 8. The summed E-state index contributed by atoms with van der Waals surface area (Å²) < 4.78 is 0. The van der Waals surface area contributed by atoms with E-state index in [1.165, 1.54) is 0 Å². The summed E-state index contributed by atoms with van der Waals surface area (Å²) in [4.78, 5) is 32.8. The van der Waals surface area contributed by atoms with Crippen molar-refractivity contribution in [1.29, 1.82) is 0 Å². The van der Waals surface area contributed by atoms with Crippen LogP contribution in [0.4, 0.5) is 4.79 Å². The molecule has 110 valence electrons. The SMILES string of the molecule is CC(C)CC(C)NC(=O)NC(CCC(=O)O)C(=O)O. The van der Waals surface area contributed by atoms with Crippen LogP contribution in [0.25, 0.3) is 0 Å². The van der Waals surface area contributed by atoms with E-state index in [4.69, 9.17) is 10.2 Å². The van der Waals surface area contributed by atoms with Gasteiger partial charge in [0, 0.05) is 12.5 Å². The summed E-state index contributed by atoms with van der Waals surface area (Å²) >= 11 is 0. The number of carboxylic acid groups (broad SMARTS) is 2. The van der Waals surface area contributed by atoms with Gasteiger partial charge >= 0.3 is 18.0 Å². The molecular formula is C12H22N2O5. The van der Waals surface area contributed by atoms with Gasteiger partial charge in [0.2, 0.25) is 0 Å². The van der Waals surface area contributed by atoms with Crippen molar-refractivity contribution in [2.24, 2.45) is 5.92 Å². The highest BCUT2D eigenvalue weighted by Crippen LogP contribution is 2.04. The van der Waals surface area contributed by atoms with Crippen LogP contribution in [0.3, 0.4) is 0 Å². The molecule has 2 atom stereocenters. The van der Waals surface area contributed by atoms with Gasteiger partial charge in [0.05, 0.1) is 0 Å². The monoisotopic (exact) mass is 274 g/mol. The molecule has 0 aliphatic carbocycles. The van der Waals surface area contributed by atoms with E-state index < -0.39 is 24.0 Å². The van der Waals surface area contributed by atoms with Gasteiger partial charge in [-0.15, -0.1) is 0 Å². The normalized spacial score (nSPS) is 13.7. The van der Waals surface area contributed by atoms with Gasteiger partial charge in [0.1, 0.15) is 6.04 Å². The van der Waals surface area contributed by atoms with Crippen LogP contribution in [0, 0.1) is 5.92 Å². The van der Waals surface area contributed by atoms with Gasteiger partial charge in [-0.1, -0.05) is 13.8 Å². The molecule has 2 amide bonds. The minimum absolute atomic E-state index is 0.0751. The van der Waals surface area contributed by atoms with Crippen LogP contribution >= 0.6 is 0 Å². The highest BCUT2D eigenvalue weighted by atomic mass is 16.4. The highest BCUT2D eigenvalue weighted by Gasteiger charge is 2.21. The summed E-state index contributed by atoms with van der Waals surface area (Å²) in [6, 6.07) is -1.86. The molecule has 0 aliphatic rings. The second kappa shape index (κ2) is 8.34. The Morgan fingerprint density at radius 1 is 1.05 bits per heavy atom. The number of aliphatic carboxylic acids is 2. The molecule has 7 nitrogen and oxygen atoms in total. The van der Waals surface area contributed by atoms with E-state index in [0.29, 0.717) is 5.92 Å². The van der Waals surface area contributed by atoms with Crippen LogP contribution in [0.15, 0.2) is 0 Å². The van der Waals surface area contributed by atoms with Crippen molar-refractivity contribution in [2.75, 3.05) is 0 Å². The van der Waals surface area contributed by atoms with Crippen LogP contribution in [0.1, 0.15) is 40.0 Å². The molecule has 4 N–H and O–H groups in total. The Morgan fingerprint density at radius 2 is 1.63 bits per heavy atom. The number of amides is 2. The molecule has 0 radical (unpaired) electrons. The van der Waals surface area contributed by atoms with Gasteiger partial charge in [0.15, 0.2) is 0 Å². The van der Waals surface area contributed by atoms with Crippen molar-refractivity contribution in [3.8, 4) is 0 Å². The van der Waals surface area contributed by atoms with Crippen molar-refractivity contribution in [3.05, 3.63) is 0 Å². The predicted octanol–water partition coefficient (Wildman–Crippen LogP) is 1.04. The van der Waals surface area contributed by atoms with Crippen LogP contribution < -0.4 is 10.6 Å². The van der Waals surface area contributed by atoms with E-state index in [1.807, 2.05) is 20.8 Å². The number of carbonyl (C=O) groups excluding carboxylic acids is 1. The fourth-order valence-electron chi connectivity index (χ4n) is 1.71. The Kier molecular flexibility index (Phi) is 7.55. The summed E-state index contributed by atoms with van der Waals surface area (Å²) in [5.41, 5.74) is 0. The number of carbonyl (C=O) groups is 3. The van der Waals surface area contributed by atoms with Gasteiger partial charge in [-0.05, 0) is 25.7 Å². The van der Waals surface area contributed by atoms with Crippen LogP contribution in [-0.4, -0.2) is 40.3 Å². The first kappa shape index (κ1) is 17.2. The zero-order chi connectivity index (χ0) is 15.0. The minimum Gasteiger partial charge on any atom is -0.481 e. The zero-order valence-corrected chi connectivity index (χ0v) is 11.5. The Bertz CT molecular complexity index is 330. The van der Waals surface area contributed by atoms with Gasteiger partial charge < -0.3 is 20.8 Å². The summed E-state index contributed by atoms with van der Waals surface area (Å²) in [5.74, 6) is -1.92. The molecule has 0 rings (SSSR count). The molecular weight excluding hydrogens is 252 g/mol. The summed E-state index contributed by atoms with van der Waals surface area (Å²) in [7, 11) is 0. The topological polar surface area (TPSA) is 116 Å². The lowest BCUT2D eigenvalue weighted by atomic mass is 10.1. The Labute approximate surface area is 112 Å². The Hall–Kier alpha value is -1.79. The van der Waals surface area contributed by atoms with E-state index >= 15 is 0 Å². The second-order valence-electron chi connectivity index (χ2n) is 4.97. The van der Waals surface area contributed by atoms with Crippen molar-refractivity contribution >= 4 is 18.0 Å². The second-order valence-corrected chi connectivity index (χ2v) is 4.97. The quantitative estimate of drug-likeness (QED) is 0.527. The average Bonchev–Trinajstić information content (AvgIpc) is 2.21. The third kappa shape index (κ3) is 8.87. The van der Waals surface area contributed by atoms with Crippen molar-refractivity contribution in [2.45, 2.75) is 52.1 Å². The molecule has 0 aliphatic heterocycles. The molecule has 2 unspecified atom stereocenters. The lowest BCUT2D eigenvalue weighted by molar-refractivity contribution is -0.140. The maximum absolute atomic E-state index is 11.6. The number of nitrogens with one attached hydrogen (secondary N) is 2. The number of hydrogen-bond acceptors (Lipinski definition) is 3. The molecule has 0 heterocycles. The first-order chi connectivity index (χ1) is 8.72. The van der Waals surface area contributed by atoms with Gasteiger partial charge in [-0.2, -0.15) is 0 Å². The van der Waals surface area contributed by atoms with Crippen LogP contribution in [0.5, 0.6) is 0 Å². The maximum Gasteiger partial charge on any atom is 0.326 e. The van der Waals surface area contributed by atoms with Crippen LogP contribution in [0.2, 0.25) is 0 Å². The fraction of sp³-hybridized carbons (Fsp3) is 0.750. The molecule has 0 aromatic carbocycles. The number of urea groups is 1. The lowest BCUT2D eigenvalue weighted by Gasteiger charge is -2.19. The third-order valence-electron chi connectivity index (χ3n) is 2.45. The molecule has 0 spiro atoms. The molecule has 0 aromatic heterocycles. The van der Waals surface area contributed by atoms with E-state index in [0.717, 1.165) is 6.42 Å². The third-order valence-corrected chi connectivity index (χ3v) is 2.45. The Balaban J connectivity index is 4.23. The number of hydrogen-bond donors (Lipinski definition) is 4. The standard InChI is InChI=1S/C12H22N2O5/c1-7(2)6-8(3)13-12(19)14-9(11(17)18)4-5-10(15)16/h7-9H,4-6H2,1-3H3,(H,15,16)(H,17,18)(H2,13,14,19). The first-order valence-corrected chi connectivity index (χ1v) is 6.24. The molecule has 19 heavy (non-hydrogen) atoms. The predicted molar refractivity (Wildman–Crippen MR) is 68.9 cm³/mol. The average molecular weight is 274 g/mol. The van der Waals surface area contributed by atoms with E-state index in [2.05, 4.69) is 10.6 Å². The van der Waals surface area contributed by atoms with Gasteiger partial charge in [0.25, 0.3) is 0 Å². The van der Waals surface area contributed by atoms with Gasteiger partial charge in [-0.3, -0.25) is 4.79 Å². The maximum atomic E-state index is 11.6. The van der Waals surface area contributed by atoms with E-state index in [9.17, 15) is 14.4 Å². The van der Waals surface area contributed by atoms with Crippen molar-refractivity contribution < 1.29 is 24.6 Å². The van der Waals surface area contributed by atoms with E-state index in [1.54, 1.807) is 0 Å². The summed E-state index contributed by atoms with van der Waals surface area (Å²) in [6.45, 7) is 5.86. The molecule has 0 saturated heterocycles. The molecule has 0 aromatic rings. The highest BCUT2D eigenvalue weighted by molar-refractivity contribution is 5.83. The largest absolute Gasteiger partial charge is 0.481 e. The summed E-state index contributed by atoms with van der Waals surface area (Å²) in [6.07, 6.45) is 0.329. The number of carboxylic acids is 2. The van der Waals surface area contributed by atoms with Crippen molar-refractivity contribution in [1.82, 2.24) is 10.6 Å². The molecule has 7 heteroatoms. The van der Waals surface area contributed by atoms with Crippen LogP contribution in [-0.2, 0) is 9.59 Å². The smallest absolute Gasteiger partial charge is 0.326 e. The molecule has 0 saturated carbocycles. The zero-order valence-electron chi connectivity index (χ0n) is 11.5. The minimum atomic E-state index is -1.24. The lowest BCUT2D eigenvalue weighted by Crippen LogP contribution is -2.48. The Morgan fingerprint density at radius 3 is 2.05 bits per heavy atom.